The molecule has 0 amide bonds. The number of hydrogen-bond acceptors (Lipinski definition) is 1. The fourth-order valence-electron chi connectivity index (χ4n) is 2.62. The van der Waals surface area contributed by atoms with E-state index in [1.165, 1.54) is 0 Å². The van der Waals surface area contributed by atoms with Crippen molar-refractivity contribution in [2.75, 3.05) is 0 Å². The Labute approximate surface area is 96.4 Å². The van der Waals surface area contributed by atoms with Crippen LogP contribution >= 0.6 is 0 Å². The highest BCUT2D eigenvalue weighted by atomic mass is 28.4. The standard InChI is InChI=1S/C13H26OSi/c1-9-13(8)14-15(10(2)3,11(4)5)12(6)7/h9-12H,1,8H2,2-7H3. The van der Waals surface area contributed by atoms with Gasteiger partial charge in [-0.2, -0.15) is 0 Å². The Hall–Kier alpha value is -0.503. The molecule has 88 valence electrons. The molecule has 0 atom stereocenters. The van der Waals surface area contributed by atoms with Gasteiger partial charge in [0.1, 0.15) is 0 Å². The first-order chi connectivity index (χ1) is 6.78. The molecule has 0 spiro atoms. The minimum atomic E-state index is -1.78. The molecule has 0 aliphatic rings. The van der Waals surface area contributed by atoms with Gasteiger partial charge in [0, 0.05) is 0 Å². The van der Waals surface area contributed by atoms with Crippen LogP contribution in [-0.2, 0) is 4.43 Å². The van der Waals surface area contributed by atoms with Crippen LogP contribution < -0.4 is 0 Å². The normalized spacial score (nSPS) is 12.3. The second-order valence-corrected chi connectivity index (χ2v) is 10.5. The van der Waals surface area contributed by atoms with Crippen molar-refractivity contribution < 1.29 is 4.43 Å². The van der Waals surface area contributed by atoms with Gasteiger partial charge >= 0.3 is 0 Å². The highest BCUT2D eigenvalue weighted by Crippen LogP contribution is 2.43. The zero-order chi connectivity index (χ0) is 12.2. The third-order valence-electron chi connectivity index (χ3n) is 3.24. The Bertz CT molecular complexity index is 207. The van der Waals surface area contributed by atoms with Crippen molar-refractivity contribution in [1.82, 2.24) is 0 Å². The summed E-state index contributed by atoms with van der Waals surface area (Å²) in [6.07, 6.45) is 1.72. The van der Waals surface area contributed by atoms with Crippen molar-refractivity contribution >= 4 is 8.32 Å². The number of allylic oxidation sites excluding steroid dienone is 1. The largest absolute Gasteiger partial charge is 0.543 e. The highest BCUT2D eigenvalue weighted by Gasteiger charge is 2.46. The molecule has 0 aromatic rings. The molecule has 0 aliphatic carbocycles. The molecule has 0 saturated carbocycles. The molecule has 0 heterocycles. The highest BCUT2D eigenvalue weighted by molar-refractivity contribution is 6.77. The third-order valence-corrected chi connectivity index (χ3v) is 9.27. The van der Waals surface area contributed by atoms with Gasteiger partial charge in [-0.15, -0.1) is 0 Å². The van der Waals surface area contributed by atoms with Gasteiger partial charge in [0.25, 0.3) is 8.32 Å². The van der Waals surface area contributed by atoms with Crippen molar-refractivity contribution in [2.24, 2.45) is 0 Å². The summed E-state index contributed by atoms with van der Waals surface area (Å²) in [5.41, 5.74) is 1.78. The van der Waals surface area contributed by atoms with Crippen LogP contribution in [0.5, 0.6) is 0 Å². The monoisotopic (exact) mass is 226 g/mol. The van der Waals surface area contributed by atoms with E-state index in [0.717, 1.165) is 5.76 Å². The second-order valence-electron chi connectivity index (χ2n) is 5.09. The molecule has 0 radical (unpaired) electrons. The predicted octanol–water partition coefficient (Wildman–Crippen LogP) is 4.88. The summed E-state index contributed by atoms with van der Waals surface area (Å²) >= 11 is 0. The summed E-state index contributed by atoms with van der Waals surface area (Å²) in [6, 6.07) is 0. The van der Waals surface area contributed by atoms with Crippen molar-refractivity contribution in [2.45, 2.75) is 58.2 Å². The topological polar surface area (TPSA) is 9.23 Å². The Morgan fingerprint density at radius 3 is 1.53 bits per heavy atom. The Morgan fingerprint density at radius 1 is 1.00 bits per heavy atom. The Kier molecular flexibility index (Phi) is 5.36. The fraction of sp³-hybridized carbons (Fsp3) is 0.692. The molecular weight excluding hydrogens is 200 g/mol. The molecule has 15 heavy (non-hydrogen) atoms. The molecule has 0 rings (SSSR count). The van der Waals surface area contributed by atoms with Crippen LogP contribution in [-0.4, -0.2) is 8.32 Å². The van der Waals surface area contributed by atoms with Crippen molar-refractivity contribution in [3.63, 3.8) is 0 Å². The summed E-state index contributed by atoms with van der Waals surface area (Å²) in [7, 11) is -1.78. The van der Waals surface area contributed by atoms with Gasteiger partial charge < -0.3 is 4.43 Å². The van der Waals surface area contributed by atoms with Gasteiger partial charge in [-0.05, 0) is 22.7 Å². The lowest BCUT2D eigenvalue weighted by Crippen LogP contribution is -2.47. The third kappa shape index (κ3) is 2.97. The molecule has 1 nitrogen and oxygen atoms in total. The van der Waals surface area contributed by atoms with Crippen LogP contribution in [0.1, 0.15) is 41.5 Å². The lowest BCUT2D eigenvalue weighted by atomic mass is 10.5. The maximum absolute atomic E-state index is 6.20. The first-order valence-electron chi connectivity index (χ1n) is 5.79. The lowest BCUT2D eigenvalue weighted by Gasteiger charge is -2.42. The van der Waals surface area contributed by atoms with E-state index in [1.54, 1.807) is 6.08 Å². The summed E-state index contributed by atoms with van der Waals surface area (Å²) in [5, 5.41) is 0. The van der Waals surface area contributed by atoms with Gasteiger partial charge in [0.2, 0.25) is 0 Å². The maximum Gasteiger partial charge on any atom is 0.258 e. The van der Waals surface area contributed by atoms with E-state index in [9.17, 15) is 0 Å². The number of hydrogen-bond donors (Lipinski definition) is 0. The molecule has 0 aliphatic heterocycles. The van der Waals surface area contributed by atoms with Crippen LogP contribution in [0.3, 0.4) is 0 Å². The first-order valence-corrected chi connectivity index (χ1v) is 7.93. The molecule has 0 unspecified atom stereocenters. The fourth-order valence-corrected chi connectivity index (χ4v) is 7.87. The van der Waals surface area contributed by atoms with E-state index in [0.29, 0.717) is 16.6 Å². The Balaban J connectivity index is 5.13. The maximum atomic E-state index is 6.20. The van der Waals surface area contributed by atoms with E-state index >= 15 is 0 Å². The van der Waals surface area contributed by atoms with Gasteiger partial charge in [0.15, 0.2) is 0 Å². The second kappa shape index (κ2) is 5.55. The zero-order valence-electron chi connectivity index (χ0n) is 11.1. The molecule has 0 aromatic carbocycles. The quantitative estimate of drug-likeness (QED) is 0.356. The summed E-state index contributed by atoms with van der Waals surface area (Å²) in [5.74, 6) is 0.734. The molecular formula is C13H26OSi. The van der Waals surface area contributed by atoms with Crippen LogP contribution in [0.25, 0.3) is 0 Å². The van der Waals surface area contributed by atoms with Crippen LogP contribution in [0.15, 0.2) is 25.0 Å². The average molecular weight is 226 g/mol. The van der Waals surface area contributed by atoms with Gasteiger partial charge in [-0.1, -0.05) is 54.7 Å². The van der Waals surface area contributed by atoms with Gasteiger partial charge in [-0.25, -0.2) is 0 Å². The van der Waals surface area contributed by atoms with Crippen LogP contribution in [0, 0.1) is 0 Å². The van der Waals surface area contributed by atoms with Crippen LogP contribution in [0.2, 0.25) is 16.6 Å². The smallest absolute Gasteiger partial charge is 0.258 e. The van der Waals surface area contributed by atoms with E-state index in [2.05, 4.69) is 54.7 Å². The predicted molar refractivity (Wildman–Crippen MR) is 71.5 cm³/mol. The molecule has 0 aromatic heterocycles. The first kappa shape index (κ1) is 14.5. The Morgan fingerprint density at radius 2 is 1.33 bits per heavy atom. The SMILES string of the molecule is C=CC(=C)O[Si](C(C)C)(C(C)C)C(C)C. The summed E-state index contributed by atoms with van der Waals surface area (Å²) in [4.78, 5) is 0. The van der Waals surface area contributed by atoms with E-state index in [4.69, 9.17) is 4.43 Å². The van der Waals surface area contributed by atoms with E-state index in [-0.39, 0.29) is 0 Å². The van der Waals surface area contributed by atoms with Gasteiger partial charge in [-0.3, -0.25) is 0 Å². The zero-order valence-corrected chi connectivity index (χ0v) is 12.1. The summed E-state index contributed by atoms with van der Waals surface area (Å²) in [6.45, 7) is 21.2. The van der Waals surface area contributed by atoms with E-state index < -0.39 is 8.32 Å². The van der Waals surface area contributed by atoms with Crippen molar-refractivity contribution in [3.8, 4) is 0 Å². The number of rotatable bonds is 6. The molecule has 2 heteroatoms. The molecule has 0 saturated heterocycles. The van der Waals surface area contributed by atoms with Crippen molar-refractivity contribution in [1.29, 1.82) is 0 Å². The van der Waals surface area contributed by atoms with Gasteiger partial charge in [0.05, 0.1) is 5.76 Å². The minimum Gasteiger partial charge on any atom is -0.543 e. The average Bonchev–Trinajstić information content (AvgIpc) is 2.11. The van der Waals surface area contributed by atoms with Crippen LogP contribution in [0.4, 0.5) is 0 Å². The summed E-state index contributed by atoms with van der Waals surface area (Å²) < 4.78 is 6.20. The molecule has 0 bridgehead atoms. The van der Waals surface area contributed by atoms with Crippen molar-refractivity contribution in [3.05, 3.63) is 25.0 Å². The molecule has 0 fully saturated rings. The minimum absolute atomic E-state index is 0.592. The lowest BCUT2D eigenvalue weighted by molar-refractivity contribution is 0.389. The van der Waals surface area contributed by atoms with E-state index in [1.807, 2.05) is 0 Å². The molecule has 0 N–H and O–H groups in total.